The van der Waals surface area contributed by atoms with Gasteiger partial charge in [-0.05, 0) is 221 Å². The van der Waals surface area contributed by atoms with Crippen LogP contribution in [0.2, 0.25) is 0 Å². The van der Waals surface area contributed by atoms with Crippen LogP contribution in [-0.2, 0) is 98.0 Å². The minimum absolute atomic E-state index is 0. The molecule has 93 heavy (non-hydrogen) atoms. The van der Waals surface area contributed by atoms with Crippen LogP contribution < -0.4 is 0 Å². The summed E-state index contributed by atoms with van der Waals surface area (Å²) in [6, 6.07) is 5.05. The average molecular weight is 1480 g/mol. The summed E-state index contributed by atoms with van der Waals surface area (Å²) in [6.45, 7) is 13.1. The van der Waals surface area contributed by atoms with Crippen LogP contribution in [0, 0.1) is 83.1 Å². The van der Waals surface area contributed by atoms with Gasteiger partial charge < -0.3 is 9.97 Å². The van der Waals surface area contributed by atoms with E-state index in [0.717, 1.165) is 83.1 Å². The molecule has 0 unspecified atom stereocenters. The third-order valence-corrected chi connectivity index (χ3v) is 25.3. The van der Waals surface area contributed by atoms with Crippen LogP contribution in [0.4, 0.5) is 0 Å². The predicted molar refractivity (Wildman–Crippen MR) is 336 cm³/mol. The second-order valence-electron chi connectivity index (χ2n) is 21.9. The molecule has 0 amide bonds. The first kappa shape index (κ1) is 72.1. The summed E-state index contributed by atoms with van der Waals surface area (Å²) < 4.78 is 302. The summed E-state index contributed by atoms with van der Waals surface area (Å²) in [5.41, 5.74) is -11.0. The van der Waals surface area contributed by atoms with Gasteiger partial charge >= 0.3 is 17.1 Å². The molecular formula is C56H54FeN4O24S8+2. The number of aromatic amines is 2. The molecule has 7 aromatic rings. The molecule has 2 aliphatic rings. The van der Waals surface area contributed by atoms with Crippen LogP contribution in [0.25, 0.3) is 90.9 Å². The van der Waals surface area contributed by atoms with Crippen LogP contribution in [0.15, 0.2) is 63.4 Å². The molecule has 3 aromatic heterocycles. The third kappa shape index (κ3) is 12.1. The van der Waals surface area contributed by atoms with E-state index in [1.54, 1.807) is 0 Å². The molecule has 0 atom stereocenters. The summed E-state index contributed by atoms with van der Waals surface area (Å²) in [4.78, 5) is 7.80. The number of hydrogen-bond donors (Lipinski definition) is 10. The van der Waals surface area contributed by atoms with Crippen molar-refractivity contribution in [3.63, 3.8) is 0 Å². The quantitative estimate of drug-likeness (QED) is 0.0402. The van der Waals surface area contributed by atoms with Crippen LogP contribution in [0.3, 0.4) is 0 Å². The van der Waals surface area contributed by atoms with Crippen molar-refractivity contribution in [1.29, 1.82) is 0 Å². The van der Waals surface area contributed by atoms with Crippen LogP contribution in [0.1, 0.15) is 89.5 Å². The molecule has 0 fully saturated rings. The molecular weight excluding hydrogens is 1430 g/mol. The number of aromatic nitrogens is 4. The summed E-state index contributed by atoms with van der Waals surface area (Å²) in [7, 11) is -43.8. The largest absolute Gasteiger partial charge is 2.00 e. The summed E-state index contributed by atoms with van der Waals surface area (Å²) in [6.07, 6.45) is 4.86. The van der Waals surface area contributed by atoms with Gasteiger partial charge in [-0.1, -0.05) is 0 Å². The number of fused-ring (bicyclic) bond motifs is 8. The molecule has 496 valence electrons. The average Bonchev–Trinajstić information content (AvgIpc) is 1.71. The monoisotopic (exact) mass is 1480 g/mol. The van der Waals surface area contributed by atoms with Crippen LogP contribution in [-0.4, -0.2) is 124 Å². The van der Waals surface area contributed by atoms with Crippen LogP contribution >= 0.6 is 0 Å². The fourth-order valence-corrected chi connectivity index (χ4v) is 21.6. The molecule has 0 spiro atoms. The van der Waals surface area contributed by atoms with E-state index < -0.39 is 192 Å². The number of nitrogens with zero attached hydrogens (tertiary/aromatic N) is 2. The van der Waals surface area contributed by atoms with Crippen LogP contribution in [0.5, 0.6) is 0 Å². The fraction of sp³-hybridized carbons (Fsp3) is 0.214. The Hall–Kier alpha value is -6.72. The zero-order valence-electron chi connectivity index (χ0n) is 50.2. The number of rotatable bonds is 12. The first-order valence-corrected chi connectivity index (χ1v) is 37.8. The van der Waals surface area contributed by atoms with Gasteiger partial charge in [-0.25, -0.2) is 9.97 Å². The van der Waals surface area contributed by atoms with Crippen molar-refractivity contribution in [3.8, 4) is 44.5 Å². The van der Waals surface area contributed by atoms with E-state index in [2.05, 4.69) is 9.97 Å². The van der Waals surface area contributed by atoms with Gasteiger partial charge in [0, 0.05) is 44.3 Å². The van der Waals surface area contributed by atoms with E-state index in [0.29, 0.717) is 0 Å². The van der Waals surface area contributed by atoms with Gasteiger partial charge in [0.1, 0.15) is 39.2 Å². The van der Waals surface area contributed by atoms with Crippen molar-refractivity contribution in [1.82, 2.24) is 19.9 Å². The molecule has 0 saturated heterocycles. The molecule has 4 aromatic carbocycles. The summed E-state index contributed by atoms with van der Waals surface area (Å²) in [5.74, 6) is 0. The summed E-state index contributed by atoms with van der Waals surface area (Å²) in [5, 5.41) is 0. The van der Waals surface area contributed by atoms with Gasteiger partial charge in [0.2, 0.25) is 0 Å². The molecule has 0 aliphatic carbocycles. The zero-order valence-corrected chi connectivity index (χ0v) is 57.9. The van der Waals surface area contributed by atoms with E-state index in [9.17, 15) is 104 Å². The Kier molecular flexibility index (Phi) is 18.1. The Morgan fingerprint density at radius 2 is 0.387 bits per heavy atom. The van der Waals surface area contributed by atoms with Gasteiger partial charge in [-0.2, -0.15) is 67.3 Å². The van der Waals surface area contributed by atoms with Crippen molar-refractivity contribution >= 4 is 127 Å². The van der Waals surface area contributed by atoms with Crippen molar-refractivity contribution in [2.75, 3.05) is 0 Å². The van der Waals surface area contributed by atoms with Gasteiger partial charge in [-0.15, -0.1) is 0 Å². The van der Waals surface area contributed by atoms with Crippen molar-refractivity contribution in [2.24, 2.45) is 0 Å². The Morgan fingerprint density at radius 1 is 0.237 bits per heavy atom. The van der Waals surface area contributed by atoms with E-state index in [1.165, 1.54) is 48.6 Å². The maximum atomic E-state index is 13.5. The Bertz CT molecular complexity index is 5410. The zero-order chi connectivity index (χ0) is 69.3. The summed E-state index contributed by atoms with van der Waals surface area (Å²) >= 11 is 0. The SMILES string of the molecule is Cc1c(-c2c3nc(c(-c4c(C)c(S(=O)(=O)O)c(C)c(S(=O)(=O)O)c4C)c4ccc([nH]4)c(-c4c(C)c(S(=O)(=O)O)c(C)c(S(=O)(=O)O)c4C)c4ccc([nH]4)c(-c4c(C)c(S(=O)(=O)O)c(C)c(S(=O)(=O)O)c4C)c4nc2C=C4)C=C3)c(C)c(S(=O)(=O)O)c(C)c1S(=O)(=O)O.[Fe+2]. The smallest absolute Gasteiger partial charge is 0.354 e. The predicted octanol–water partition coefficient (Wildman–Crippen LogP) is 9.00. The molecule has 8 bridgehead atoms. The minimum Gasteiger partial charge on any atom is -0.354 e. The van der Waals surface area contributed by atoms with Gasteiger partial charge in [-0.3, -0.25) is 36.4 Å². The molecule has 5 heterocycles. The number of hydrogen-bond acceptors (Lipinski definition) is 18. The van der Waals surface area contributed by atoms with E-state index in [-0.39, 0.29) is 101 Å². The maximum Gasteiger partial charge on any atom is 2.00 e. The minimum atomic E-state index is -5.48. The molecule has 9 rings (SSSR count). The molecule has 0 radical (unpaired) electrons. The first-order chi connectivity index (χ1) is 41.8. The maximum absolute atomic E-state index is 13.5. The van der Waals surface area contributed by atoms with E-state index in [1.807, 2.05) is 0 Å². The van der Waals surface area contributed by atoms with E-state index >= 15 is 0 Å². The Labute approximate surface area is 544 Å². The Balaban J connectivity index is 0.0000111. The Morgan fingerprint density at radius 3 is 0.570 bits per heavy atom. The van der Waals surface area contributed by atoms with Gasteiger partial charge in [0.15, 0.2) is 0 Å². The second kappa shape index (κ2) is 23.3. The third-order valence-electron chi connectivity index (χ3n) is 16.3. The molecule has 0 saturated carbocycles. The topological polar surface area (TPSA) is 492 Å². The van der Waals surface area contributed by atoms with Gasteiger partial charge in [0.05, 0.1) is 22.8 Å². The molecule has 28 nitrogen and oxygen atoms in total. The number of H-pyrrole nitrogens is 2. The standard InChI is InChI=1S/C56H54N4O24S8.Fe/c1-21-41(22(2)50(86(64,65)66)29(9)49(21)85(61,62)63)45-33-13-15-35(57-33)46(42-23(3)51(87(67,68)69)30(10)52(24(42)4)88(70,71)72)37-17-19-39(59-37)48(44-27(7)55(91(79,80)81)32(12)56(28(44)8)92(82,83)84)40-20-18-38(60-40)47(36-16-14-34(45)58-36)43-25(5)53(89(73,74)75)31(11)54(26(43)6)90(76,77)78;/h13-20,57-58H,1-12H3,(H,61,62,63)(H,64,65,66)(H,67,68,69)(H,70,71,72)(H,73,74,75)(H,76,77,78)(H,79,80,81)(H,82,83,84);/q;+2. The normalized spacial score (nSPS) is 13.5. The second-order valence-corrected chi connectivity index (χ2v) is 32.8. The molecule has 37 heteroatoms. The van der Waals surface area contributed by atoms with Crippen molar-refractivity contribution < 1.29 is 121 Å². The number of benzene rings is 4. The van der Waals surface area contributed by atoms with Crippen molar-refractivity contribution in [3.05, 3.63) is 114 Å². The number of nitrogens with one attached hydrogen (secondary N) is 2. The van der Waals surface area contributed by atoms with Gasteiger partial charge in [0.25, 0.3) is 80.9 Å². The molecule has 2 aliphatic heterocycles. The first-order valence-electron chi connectivity index (χ1n) is 26.3. The van der Waals surface area contributed by atoms with Crippen molar-refractivity contribution in [2.45, 2.75) is 122 Å². The van der Waals surface area contributed by atoms with E-state index in [4.69, 9.17) is 9.97 Å². The molecule has 10 N–H and O–H groups in total. The fourth-order valence-electron chi connectivity index (χ4n) is 13.5.